The zero-order chi connectivity index (χ0) is 18.3. The monoisotopic (exact) mass is 347 g/mol. The van der Waals surface area contributed by atoms with Crippen LogP contribution in [0.2, 0.25) is 0 Å². The first-order chi connectivity index (χ1) is 10.3. The maximum atomic E-state index is 11.6. The maximum absolute atomic E-state index is 11.6. The summed E-state index contributed by atoms with van der Waals surface area (Å²) in [5, 5.41) is 0. The lowest BCUT2D eigenvalue weighted by atomic mass is 10.0. The topological polar surface area (TPSA) is 72.9 Å². The van der Waals surface area contributed by atoms with E-state index < -0.39 is 10.7 Å². The van der Waals surface area contributed by atoms with Crippen LogP contribution in [0.4, 0.5) is 0 Å². The summed E-state index contributed by atoms with van der Waals surface area (Å²) in [4.78, 5) is 36.6. The van der Waals surface area contributed by atoms with Crippen LogP contribution in [-0.4, -0.2) is 59.7 Å². The van der Waals surface area contributed by atoms with E-state index >= 15 is 0 Å². The van der Waals surface area contributed by atoms with Gasteiger partial charge in [0.1, 0.15) is 19.0 Å². The van der Waals surface area contributed by atoms with Crippen molar-refractivity contribution in [1.82, 2.24) is 4.90 Å². The molecule has 7 heteroatoms. The van der Waals surface area contributed by atoms with Crippen LogP contribution in [0.25, 0.3) is 0 Å². The number of carbonyl (C=O) groups is 3. The molecule has 0 amide bonds. The molecule has 0 N–H and O–H groups in total. The molecule has 0 aromatic heterocycles. The Labute approximate surface area is 144 Å². The molecule has 0 aromatic rings. The Balaban J connectivity index is 3.85. The Bertz CT molecular complexity index is 423. The van der Waals surface area contributed by atoms with Gasteiger partial charge in [0.25, 0.3) is 0 Å². The van der Waals surface area contributed by atoms with Crippen LogP contribution in [0, 0.1) is 0 Å². The van der Waals surface area contributed by atoms with Gasteiger partial charge >= 0.3 is 11.9 Å². The van der Waals surface area contributed by atoms with Gasteiger partial charge in [0.05, 0.1) is 17.7 Å². The van der Waals surface area contributed by atoms with E-state index in [1.807, 2.05) is 32.7 Å². The van der Waals surface area contributed by atoms with Gasteiger partial charge in [-0.05, 0) is 41.7 Å². The fourth-order valence-electron chi connectivity index (χ4n) is 1.38. The molecule has 0 heterocycles. The second-order valence-electron chi connectivity index (χ2n) is 6.95. The van der Waals surface area contributed by atoms with Gasteiger partial charge in [-0.25, -0.2) is 0 Å². The molecule has 6 nitrogen and oxygen atoms in total. The molecule has 0 saturated heterocycles. The Morgan fingerprint density at radius 1 is 0.913 bits per heavy atom. The predicted octanol–water partition coefficient (Wildman–Crippen LogP) is 1.86. The molecule has 0 radical (unpaired) electrons. The lowest BCUT2D eigenvalue weighted by Crippen LogP contribution is -2.41. The number of rotatable bonds is 9. The van der Waals surface area contributed by atoms with Gasteiger partial charge in [-0.2, -0.15) is 12.6 Å². The first-order valence-corrected chi connectivity index (χ1v) is 8.07. The van der Waals surface area contributed by atoms with Crippen molar-refractivity contribution in [3.8, 4) is 0 Å². The molecule has 23 heavy (non-hydrogen) atoms. The van der Waals surface area contributed by atoms with Crippen LogP contribution in [0.3, 0.4) is 0 Å². The van der Waals surface area contributed by atoms with Crippen molar-refractivity contribution in [2.45, 2.75) is 57.7 Å². The van der Waals surface area contributed by atoms with Crippen LogP contribution in [-0.2, 0) is 23.9 Å². The zero-order valence-electron chi connectivity index (χ0n) is 15.0. The van der Waals surface area contributed by atoms with Crippen LogP contribution in [0.5, 0.6) is 0 Å². The van der Waals surface area contributed by atoms with E-state index in [1.165, 1.54) is 0 Å². The fraction of sp³-hybridized carbons (Fsp3) is 0.812. The third-order valence-electron chi connectivity index (χ3n) is 3.36. The molecule has 134 valence electrons. The number of thiol groups is 1. The van der Waals surface area contributed by atoms with Crippen LogP contribution in [0.1, 0.15) is 47.5 Å². The van der Waals surface area contributed by atoms with Crippen molar-refractivity contribution in [3.05, 3.63) is 0 Å². The number of likely N-dealkylation sites (N-methyl/N-ethyl adjacent to an activating group) is 1. The van der Waals surface area contributed by atoms with Gasteiger partial charge in [0.2, 0.25) is 0 Å². The number of ether oxygens (including phenoxy) is 2. The van der Waals surface area contributed by atoms with E-state index in [1.54, 1.807) is 13.8 Å². The van der Waals surface area contributed by atoms with Crippen molar-refractivity contribution >= 4 is 30.4 Å². The van der Waals surface area contributed by atoms with Crippen LogP contribution in [0.15, 0.2) is 0 Å². The average molecular weight is 347 g/mol. The quantitative estimate of drug-likeness (QED) is 0.390. The first-order valence-electron chi connectivity index (χ1n) is 7.62. The van der Waals surface area contributed by atoms with Crippen molar-refractivity contribution in [2.24, 2.45) is 0 Å². The Kier molecular flexibility index (Phi) is 8.84. The highest BCUT2D eigenvalue weighted by atomic mass is 32.1. The highest BCUT2D eigenvalue weighted by Gasteiger charge is 2.23. The minimum Gasteiger partial charge on any atom is -0.462 e. The summed E-state index contributed by atoms with van der Waals surface area (Å²) in [5.74, 6) is -0.973. The molecule has 0 aliphatic rings. The summed E-state index contributed by atoms with van der Waals surface area (Å²) < 4.78 is 9.17. The second-order valence-corrected chi connectivity index (χ2v) is 8.07. The highest BCUT2D eigenvalue weighted by molar-refractivity contribution is 7.82. The van der Waals surface area contributed by atoms with Gasteiger partial charge < -0.3 is 9.47 Å². The molecule has 0 saturated carbocycles. The van der Waals surface area contributed by atoms with Gasteiger partial charge in [0.15, 0.2) is 0 Å². The summed E-state index contributed by atoms with van der Waals surface area (Å²) >= 11 is 4.14. The Morgan fingerprint density at radius 3 is 1.83 bits per heavy atom. The standard InChI is InChI=1S/C16H29NO5S/c1-15(2,3)17(6)11-14(20)22-10-9-21-13(19)8-7-12(18)16(4,5)23/h23H,7-11H2,1-6H3. The summed E-state index contributed by atoms with van der Waals surface area (Å²) in [7, 11) is 1.83. The molecular formula is C16H29NO5S. The summed E-state index contributed by atoms with van der Waals surface area (Å²) in [5.41, 5.74) is -0.126. The lowest BCUT2D eigenvalue weighted by Gasteiger charge is -2.30. The van der Waals surface area contributed by atoms with Crippen LogP contribution < -0.4 is 0 Å². The van der Waals surface area contributed by atoms with Gasteiger partial charge in [0, 0.05) is 12.0 Å². The normalized spacial score (nSPS) is 12.2. The van der Waals surface area contributed by atoms with Crippen molar-refractivity contribution in [1.29, 1.82) is 0 Å². The number of esters is 2. The number of ketones is 1. The van der Waals surface area contributed by atoms with Crippen LogP contribution >= 0.6 is 12.6 Å². The number of Topliss-reactive ketones (excluding diaryl/α,β-unsaturated/α-hetero) is 1. The van der Waals surface area contributed by atoms with E-state index in [-0.39, 0.29) is 49.9 Å². The maximum Gasteiger partial charge on any atom is 0.320 e. The molecule has 0 rings (SSSR count). The van der Waals surface area contributed by atoms with E-state index in [9.17, 15) is 14.4 Å². The second kappa shape index (κ2) is 9.27. The van der Waals surface area contributed by atoms with E-state index in [0.29, 0.717) is 0 Å². The number of carbonyl (C=O) groups excluding carboxylic acids is 3. The summed E-state index contributed by atoms with van der Waals surface area (Å²) in [6.07, 6.45) is 0.0923. The summed E-state index contributed by atoms with van der Waals surface area (Å²) in [6, 6.07) is 0. The average Bonchev–Trinajstić information content (AvgIpc) is 2.38. The van der Waals surface area contributed by atoms with Gasteiger partial charge in [-0.1, -0.05) is 0 Å². The predicted molar refractivity (Wildman–Crippen MR) is 91.6 cm³/mol. The largest absolute Gasteiger partial charge is 0.462 e. The van der Waals surface area contributed by atoms with E-state index in [0.717, 1.165) is 0 Å². The zero-order valence-corrected chi connectivity index (χ0v) is 15.9. The lowest BCUT2D eigenvalue weighted by molar-refractivity contribution is -0.153. The molecule has 0 fully saturated rings. The molecule has 0 aliphatic carbocycles. The smallest absolute Gasteiger partial charge is 0.320 e. The molecule has 0 unspecified atom stereocenters. The molecule has 0 aromatic carbocycles. The first kappa shape index (κ1) is 21.9. The molecule has 0 spiro atoms. The number of nitrogens with zero attached hydrogens (tertiary/aromatic N) is 1. The fourth-order valence-corrected chi connectivity index (χ4v) is 1.49. The Morgan fingerprint density at radius 2 is 1.39 bits per heavy atom. The molecule has 0 bridgehead atoms. The van der Waals surface area contributed by atoms with Gasteiger partial charge in [-0.3, -0.25) is 19.3 Å². The molecular weight excluding hydrogens is 318 g/mol. The van der Waals surface area contributed by atoms with E-state index in [2.05, 4.69) is 12.6 Å². The number of hydrogen-bond donors (Lipinski definition) is 1. The number of hydrogen-bond acceptors (Lipinski definition) is 7. The molecule has 0 aliphatic heterocycles. The highest BCUT2D eigenvalue weighted by Crippen LogP contribution is 2.16. The summed E-state index contributed by atoms with van der Waals surface area (Å²) in [6.45, 7) is 9.51. The SMILES string of the molecule is CN(CC(=O)OCCOC(=O)CCC(=O)C(C)(C)S)C(C)(C)C. The third kappa shape index (κ3) is 10.3. The van der Waals surface area contributed by atoms with Crippen molar-refractivity contribution in [3.63, 3.8) is 0 Å². The molecule has 0 atom stereocenters. The van der Waals surface area contributed by atoms with Gasteiger partial charge in [-0.15, -0.1) is 0 Å². The third-order valence-corrected chi connectivity index (χ3v) is 3.61. The minimum absolute atomic E-state index is 0.00350. The van der Waals surface area contributed by atoms with E-state index in [4.69, 9.17) is 9.47 Å². The van der Waals surface area contributed by atoms with Crippen molar-refractivity contribution in [2.75, 3.05) is 26.8 Å². The Hall–Kier alpha value is -1.08. The minimum atomic E-state index is -0.755. The van der Waals surface area contributed by atoms with Crippen molar-refractivity contribution < 1.29 is 23.9 Å².